The largest absolute Gasteiger partial charge is 0.379 e. The highest BCUT2D eigenvalue weighted by molar-refractivity contribution is 7.10. The Labute approximate surface area is 139 Å². The summed E-state index contributed by atoms with van der Waals surface area (Å²) in [5.74, 6) is 0.493. The summed E-state index contributed by atoms with van der Waals surface area (Å²) >= 11 is 1.68. The molecule has 3 aliphatic heterocycles. The molecule has 0 spiro atoms. The monoisotopic (exact) mass is 331 g/mol. The number of nitrogens with zero attached hydrogens (tertiary/aromatic N) is 3. The molecule has 2 atom stereocenters. The van der Waals surface area contributed by atoms with Gasteiger partial charge >= 0.3 is 0 Å². The molecule has 4 heterocycles. The lowest BCUT2D eigenvalue weighted by atomic mass is 9.93. The summed E-state index contributed by atoms with van der Waals surface area (Å²) in [7, 11) is 0. The highest BCUT2D eigenvalue weighted by atomic mass is 32.1. The molecule has 7 heteroatoms. The quantitative estimate of drug-likeness (QED) is 0.865. The van der Waals surface area contributed by atoms with Crippen LogP contribution in [0.3, 0.4) is 0 Å². The van der Waals surface area contributed by atoms with Crippen LogP contribution >= 0.6 is 11.3 Å². The van der Waals surface area contributed by atoms with Gasteiger partial charge in [0.15, 0.2) is 5.96 Å². The van der Waals surface area contributed by atoms with Crippen LogP contribution in [-0.2, 0) is 4.74 Å². The van der Waals surface area contributed by atoms with Gasteiger partial charge in [-0.15, -0.1) is 11.3 Å². The van der Waals surface area contributed by atoms with E-state index in [1.165, 1.54) is 16.0 Å². The second-order valence-corrected chi connectivity index (χ2v) is 7.06. The number of nitrogens with one attached hydrogen (secondary N) is 1. The molecule has 0 saturated carbocycles. The van der Waals surface area contributed by atoms with Gasteiger partial charge in [0.25, 0.3) is 0 Å². The van der Waals surface area contributed by atoms with Gasteiger partial charge in [-0.3, -0.25) is 4.98 Å². The first kappa shape index (κ1) is 14.7. The molecule has 0 radical (unpaired) electrons. The second kappa shape index (κ2) is 5.98. The number of allylic oxidation sites excluding steroid dienone is 2. The van der Waals surface area contributed by atoms with Gasteiger partial charge in [0.2, 0.25) is 0 Å². The molecule has 23 heavy (non-hydrogen) atoms. The fraction of sp³-hybridized carbons (Fsp3) is 0.500. The minimum Gasteiger partial charge on any atom is -0.379 e. The van der Waals surface area contributed by atoms with E-state index in [-0.39, 0.29) is 6.17 Å². The van der Waals surface area contributed by atoms with Crippen molar-refractivity contribution >= 4 is 22.9 Å². The van der Waals surface area contributed by atoms with E-state index in [1.54, 1.807) is 11.3 Å². The van der Waals surface area contributed by atoms with Crippen LogP contribution < -0.4 is 11.1 Å². The first-order valence-electron chi connectivity index (χ1n) is 7.97. The van der Waals surface area contributed by atoms with Gasteiger partial charge in [-0.05, 0) is 30.9 Å². The molecule has 3 aliphatic rings. The fourth-order valence-electron chi connectivity index (χ4n) is 3.47. The molecular formula is C16H21N5OS. The highest BCUT2D eigenvalue weighted by Crippen LogP contribution is 2.38. The van der Waals surface area contributed by atoms with Crippen LogP contribution in [0.2, 0.25) is 0 Å². The Kier molecular flexibility index (Phi) is 3.82. The topological polar surface area (TPSA) is 75.8 Å². The van der Waals surface area contributed by atoms with Gasteiger partial charge in [0, 0.05) is 31.1 Å². The molecule has 4 rings (SSSR count). The Bertz CT molecular complexity index is 673. The number of guanidine groups is 1. The van der Waals surface area contributed by atoms with Crippen molar-refractivity contribution in [2.45, 2.75) is 38.4 Å². The van der Waals surface area contributed by atoms with Gasteiger partial charge < -0.3 is 20.7 Å². The molecular weight excluding hydrogens is 310 g/mol. The van der Waals surface area contributed by atoms with E-state index in [2.05, 4.69) is 33.3 Å². The lowest BCUT2D eigenvalue weighted by molar-refractivity contribution is 0.0254. The first-order chi connectivity index (χ1) is 11.2. The van der Waals surface area contributed by atoms with Crippen molar-refractivity contribution in [1.29, 1.82) is 0 Å². The molecule has 1 aromatic rings. The lowest BCUT2D eigenvalue weighted by Gasteiger charge is -2.43. The lowest BCUT2D eigenvalue weighted by Crippen LogP contribution is -2.50. The van der Waals surface area contributed by atoms with E-state index in [4.69, 9.17) is 10.5 Å². The predicted octanol–water partition coefficient (Wildman–Crippen LogP) is 1.89. The molecule has 0 amide bonds. The third-order valence-corrected chi connectivity index (χ3v) is 5.49. The van der Waals surface area contributed by atoms with Crippen LogP contribution in [0, 0.1) is 0 Å². The molecule has 1 unspecified atom stereocenters. The van der Waals surface area contributed by atoms with Crippen molar-refractivity contribution < 1.29 is 4.74 Å². The second-order valence-electron chi connectivity index (χ2n) is 6.18. The van der Waals surface area contributed by atoms with Crippen LogP contribution in [0.1, 0.15) is 31.1 Å². The Morgan fingerprint density at radius 3 is 3.13 bits per heavy atom. The molecule has 0 aromatic carbocycles. The molecule has 0 aliphatic carbocycles. The summed E-state index contributed by atoms with van der Waals surface area (Å²) in [6.07, 6.45) is 7.27. The number of hydrogen-bond donors (Lipinski definition) is 2. The molecule has 6 nitrogen and oxygen atoms in total. The number of nitrogens with two attached hydrogens (primary N) is 1. The zero-order valence-corrected chi connectivity index (χ0v) is 14.0. The van der Waals surface area contributed by atoms with Crippen molar-refractivity contribution in [2.24, 2.45) is 10.7 Å². The zero-order valence-electron chi connectivity index (χ0n) is 13.2. The summed E-state index contributed by atoms with van der Waals surface area (Å²) in [4.78, 5) is 12.4. The number of rotatable bonds is 2. The molecule has 0 bridgehead atoms. The van der Waals surface area contributed by atoms with E-state index in [0.29, 0.717) is 12.0 Å². The van der Waals surface area contributed by atoms with E-state index in [9.17, 15) is 0 Å². The number of thiazole rings is 1. The predicted molar refractivity (Wildman–Crippen MR) is 91.6 cm³/mol. The number of ether oxygens (including phenoxy) is 1. The Hall–Kier alpha value is -1.86. The highest BCUT2D eigenvalue weighted by Gasteiger charge is 2.35. The van der Waals surface area contributed by atoms with Crippen LogP contribution in [0.25, 0.3) is 5.57 Å². The number of aliphatic imine (C=N–C) groups is 1. The first-order valence-corrected chi connectivity index (χ1v) is 8.85. The maximum Gasteiger partial charge on any atom is 0.195 e. The van der Waals surface area contributed by atoms with Gasteiger partial charge in [0.05, 0.1) is 23.0 Å². The number of aromatic nitrogens is 1. The molecule has 1 fully saturated rings. The van der Waals surface area contributed by atoms with Gasteiger partial charge in [-0.1, -0.05) is 0 Å². The van der Waals surface area contributed by atoms with Gasteiger partial charge in [-0.25, -0.2) is 4.99 Å². The maximum atomic E-state index is 5.97. The fourth-order valence-corrected chi connectivity index (χ4v) is 4.10. The third-order valence-electron chi connectivity index (χ3n) is 4.65. The van der Waals surface area contributed by atoms with Crippen LogP contribution in [0.5, 0.6) is 0 Å². The SMILES string of the molecule is CC1=C2CC(c3cncs3)=CN([C@H]3CCCOC3)C2N=C(N)N1. The van der Waals surface area contributed by atoms with E-state index in [1.807, 2.05) is 11.7 Å². The minimum atomic E-state index is -0.0142. The average molecular weight is 331 g/mol. The normalized spacial score (nSPS) is 28.0. The molecule has 1 aromatic heterocycles. The van der Waals surface area contributed by atoms with Gasteiger partial charge in [0.1, 0.15) is 6.17 Å². The van der Waals surface area contributed by atoms with Crippen LogP contribution in [-0.4, -0.2) is 41.3 Å². The van der Waals surface area contributed by atoms with Crippen LogP contribution in [0.15, 0.2) is 34.2 Å². The summed E-state index contributed by atoms with van der Waals surface area (Å²) in [6, 6.07) is 0.342. The minimum absolute atomic E-state index is 0.0142. The zero-order chi connectivity index (χ0) is 15.8. The van der Waals surface area contributed by atoms with Crippen molar-refractivity contribution in [2.75, 3.05) is 13.2 Å². The van der Waals surface area contributed by atoms with Crippen molar-refractivity contribution in [3.8, 4) is 0 Å². The van der Waals surface area contributed by atoms with Crippen molar-refractivity contribution in [1.82, 2.24) is 15.2 Å². The van der Waals surface area contributed by atoms with Gasteiger partial charge in [-0.2, -0.15) is 0 Å². The van der Waals surface area contributed by atoms with E-state index >= 15 is 0 Å². The Morgan fingerprint density at radius 1 is 1.48 bits per heavy atom. The van der Waals surface area contributed by atoms with Crippen molar-refractivity contribution in [3.05, 3.63) is 34.1 Å². The average Bonchev–Trinajstić information content (AvgIpc) is 3.09. The molecule has 1 saturated heterocycles. The maximum absolute atomic E-state index is 5.97. The third kappa shape index (κ3) is 2.74. The summed E-state index contributed by atoms with van der Waals surface area (Å²) in [5, 5.41) is 3.18. The molecule has 3 N–H and O–H groups in total. The van der Waals surface area contributed by atoms with E-state index < -0.39 is 0 Å². The van der Waals surface area contributed by atoms with Crippen LogP contribution in [0.4, 0.5) is 0 Å². The molecule has 122 valence electrons. The number of fused-ring (bicyclic) bond motifs is 1. The van der Waals surface area contributed by atoms with Crippen molar-refractivity contribution in [3.63, 3.8) is 0 Å². The Balaban J connectivity index is 1.75. The van der Waals surface area contributed by atoms with E-state index in [0.717, 1.165) is 38.2 Å². The summed E-state index contributed by atoms with van der Waals surface area (Å²) in [5.41, 5.74) is 11.5. The number of hydrogen-bond acceptors (Lipinski definition) is 7. The summed E-state index contributed by atoms with van der Waals surface area (Å²) in [6.45, 7) is 3.68. The standard InChI is InChI=1S/C16H21N5OS/c1-10-13-5-11(14-6-18-9-23-14)7-21(12-3-2-4-22-8-12)15(13)20-16(17)19-10/h6-7,9,12,15H,2-5,8H2,1H3,(H3,17,19,20)/t12-,15?/m0/s1. The smallest absolute Gasteiger partial charge is 0.195 e. The Morgan fingerprint density at radius 2 is 2.39 bits per heavy atom. The summed E-state index contributed by atoms with van der Waals surface area (Å²) < 4.78 is 5.70.